The van der Waals surface area contributed by atoms with E-state index in [1.54, 1.807) is 23.1 Å². The lowest BCUT2D eigenvalue weighted by molar-refractivity contribution is -0.136. The van der Waals surface area contributed by atoms with E-state index in [-0.39, 0.29) is 12.5 Å². The van der Waals surface area contributed by atoms with Crippen molar-refractivity contribution in [1.82, 2.24) is 5.32 Å². The van der Waals surface area contributed by atoms with Gasteiger partial charge in [-0.15, -0.1) is 11.3 Å². The predicted molar refractivity (Wildman–Crippen MR) is 104 cm³/mol. The van der Waals surface area contributed by atoms with Gasteiger partial charge in [-0.1, -0.05) is 12.1 Å². The molecular formula is C19H21N3O4S. The number of hydrogen-bond acceptors (Lipinski definition) is 5. The molecule has 142 valence electrons. The summed E-state index contributed by atoms with van der Waals surface area (Å²) in [6.45, 7) is 1.21. The first-order chi connectivity index (χ1) is 13.1. The zero-order chi connectivity index (χ0) is 19.2. The number of rotatable bonds is 5. The van der Waals surface area contributed by atoms with Crippen LogP contribution in [0.15, 0.2) is 35.7 Å². The first-order valence-corrected chi connectivity index (χ1v) is 9.54. The number of carbonyl (C=O) groups excluding carboxylic acids is 3. The van der Waals surface area contributed by atoms with E-state index in [1.165, 1.54) is 18.4 Å². The summed E-state index contributed by atoms with van der Waals surface area (Å²) in [5, 5.41) is 6.93. The molecule has 0 saturated heterocycles. The molecule has 8 heteroatoms. The summed E-state index contributed by atoms with van der Waals surface area (Å²) in [6.07, 6.45) is 1.76. The number of carbonyl (C=O) groups is 3. The summed E-state index contributed by atoms with van der Waals surface area (Å²) >= 11 is 1.40. The Morgan fingerprint density at radius 2 is 2.07 bits per heavy atom. The van der Waals surface area contributed by atoms with Gasteiger partial charge in [0.2, 0.25) is 0 Å². The monoisotopic (exact) mass is 387 g/mol. The molecule has 0 bridgehead atoms. The van der Waals surface area contributed by atoms with E-state index in [4.69, 9.17) is 4.74 Å². The highest BCUT2D eigenvalue weighted by Gasteiger charge is 2.25. The van der Waals surface area contributed by atoms with Crippen LogP contribution in [-0.2, 0) is 20.7 Å². The molecule has 2 heterocycles. The van der Waals surface area contributed by atoms with Crippen molar-refractivity contribution in [3.63, 3.8) is 0 Å². The quantitative estimate of drug-likeness (QED) is 0.607. The maximum absolute atomic E-state index is 12.8. The van der Waals surface area contributed by atoms with Crippen molar-refractivity contribution in [3.05, 3.63) is 46.2 Å². The lowest BCUT2D eigenvalue weighted by atomic mass is 10.0. The van der Waals surface area contributed by atoms with E-state index >= 15 is 0 Å². The summed E-state index contributed by atoms with van der Waals surface area (Å²) in [6, 6.07) is 9.04. The third-order valence-corrected chi connectivity index (χ3v) is 5.09. The average molecular weight is 387 g/mol. The lowest BCUT2D eigenvalue weighted by Gasteiger charge is -2.29. The van der Waals surface area contributed by atoms with Gasteiger partial charge in [-0.2, -0.15) is 0 Å². The average Bonchev–Trinajstić information content (AvgIpc) is 3.22. The lowest BCUT2D eigenvalue weighted by Crippen LogP contribution is -2.37. The van der Waals surface area contributed by atoms with Gasteiger partial charge in [0.25, 0.3) is 5.91 Å². The molecular weight excluding hydrogens is 366 g/mol. The van der Waals surface area contributed by atoms with Gasteiger partial charge in [0.05, 0.1) is 11.5 Å². The topological polar surface area (TPSA) is 87.7 Å². The Hall–Kier alpha value is -2.71. The Labute approximate surface area is 161 Å². The molecule has 0 saturated carbocycles. The van der Waals surface area contributed by atoms with Crippen LogP contribution >= 0.6 is 11.3 Å². The fourth-order valence-corrected chi connectivity index (χ4v) is 3.60. The van der Waals surface area contributed by atoms with E-state index in [0.717, 1.165) is 24.1 Å². The molecule has 1 aliphatic heterocycles. The van der Waals surface area contributed by atoms with Crippen LogP contribution in [0, 0.1) is 0 Å². The van der Waals surface area contributed by atoms with Crippen LogP contribution in [0.25, 0.3) is 0 Å². The Kier molecular flexibility index (Phi) is 6.20. The van der Waals surface area contributed by atoms with Crippen molar-refractivity contribution in [1.29, 1.82) is 0 Å². The first kappa shape index (κ1) is 19.1. The summed E-state index contributed by atoms with van der Waals surface area (Å²) < 4.78 is 4.83. The van der Waals surface area contributed by atoms with Gasteiger partial charge >= 0.3 is 11.8 Å². The van der Waals surface area contributed by atoms with Gasteiger partial charge in [-0.3, -0.25) is 14.4 Å². The first-order valence-electron chi connectivity index (χ1n) is 8.66. The van der Waals surface area contributed by atoms with Gasteiger partial charge in [-0.05, 0) is 42.0 Å². The highest BCUT2D eigenvalue weighted by Crippen LogP contribution is 2.31. The highest BCUT2D eigenvalue weighted by atomic mass is 32.1. The minimum absolute atomic E-state index is 0.0493. The number of anilines is 2. The second-order valence-corrected chi connectivity index (χ2v) is 7.03. The number of nitrogens with one attached hydrogen (secondary N) is 2. The molecule has 0 spiro atoms. The number of amides is 3. The van der Waals surface area contributed by atoms with Crippen LogP contribution in [0.2, 0.25) is 0 Å². The number of ether oxygens (including phenoxy) is 1. The Morgan fingerprint density at radius 1 is 1.22 bits per heavy atom. The van der Waals surface area contributed by atoms with Crippen LogP contribution in [0.4, 0.5) is 11.4 Å². The molecule has 1 aromatic heterocycles. The van der Waals surface area contributed by atoms with Crippen LogP contribution in [0.1, 0.15) is 21.7 Å². The number of benzene rings is 1. The van der Waals surface area contributed by atoms with Crippen molar-refractivity contribution in [3.8, 4) is 0 Å². The van der Waals surface area contributed by atoms with Gasteiger partial charge in [-0.25, -0.2) is 0 Å². The maximum atomic E-state index is 12.8. The zero-order valence-corrected chi connectivity index (χ0v) is 15.8. The largest absolute Gasteiger partial charge is 0.383 e. The number of fused-ring (bicyclic) bond motifs is 1. The standard InChI is InChI=1S/C19H21N3O4S/c1-26-10-8-20-17(23)18(24)21-14-7-6-13-4-2-9-22(15(13)12-14)19(25)16-5-3-11-27-16/h3,5-7,11-12H,2,4,8-10H2,1H3,(H,20,23)(H,21,24). The van der Waals surface area contributed by atoms with Gasteiger partial charge in [0.15, 0.2) is 0 Å². The third-order valence-electron chi connectivity index (χ3n) is 4.24. The number of nitrogens with zero attached hydrogens (tertiary/aromatic N) is 1. The highest BCUT2D eigenvalue weighted by molar-refractivity contribution is 7.12. The Balaban J connectivity index is 1.74. The number of methoxy groups -OCH3 is 1. The molecule has 3 rings (SSSR count). The molecule has 3 amide bonds. The molecule has 0 aliphatic carbocycles. The Morgan fingerprint density at radius 3 is 2.81 bits per heavy atom. The molecule has 2 N–H and O–H groups in total. The predicted octanol–water partition coefficient (Wildman–Crippen LogP) is 2.04. The zero-order valence-electron chi connectivity index (χ0n) is 15.0. The van der Waals surface area contributed by atoms with Gasteiger partial charge in [0.1, 0.15) is 0 Å². The molecule has 0 unspecified atom stereocenters. The fourth-order valence-electron chi connectivity index (χ4n) is 2.93. The van der Waals surface area contributed by atoms with E-state index in [1.807, 2.05) is 17.5 Å². The second-order valence-electron chi connectivity index (χ2n) is 6.08. The Bertz CT molecular complexity index is 835. The van der Waals surface area contributed by atoms with Crippen molar-refractivity contribution >= 4 is 40.4 Å². The molecule has 7 nitrogen and oxygen atoms in total. The molecule has 2 aromatic rings. The van der Waals surface area contributed by atoms with Crippen molar-refractivity contribution in [2.75, 3.05) is 37.0 Å². The van der Waals surface area contributed by atoms with Crippen molar-refractivity contribution in [2.24, 2.45) is 0 Å². The smallest absolute Gasteiger partial charge is 0.313 e. The van der Waals surface area contributed by atoms with Crippen molar-refractivity contribution < 1.29 is 19.1 Å². The van der Waals surface area contributed by atoms with E-state index in [0.29, 0.717) is 23.7 Å². The maximum Gasteiger partial charge on any atom is 0.313 e. The summed E-state index contributed by atoms with van der Waals surface area (Å²) in [5.41, 5.74) is 2.30. The molecule has 27 heavy (non-hydrogen) atoms. The molecule has 0 atom stereocenters. The fraction of sp³-hybridized carbons (Fsp3) is 0.316. The molecule has 1 aliphatic rings. The third kappa shape index (κ3) is 4.53. The van der Waals surface area contributed by atoms with Crippen LogP contribution in [0.3, 0.4) is 0 Å². The number of aryl methyl sites for hydroxylation is 1. The second kappa shape index (κ2) is 8.79. The normalized spacial score (nSPS) is 13.0. The van der Waals surface area contributed by atoms with Gasteiger partial charge < -0.3 is 20.3 Å². The van der Waals surface area contributed by atoms with Crippen LogP contribution < -0.4 is 15.5 Å². The molecule has 0 fully saturated rings. The van der Waals surface area contributed by atoms with E-state index in [9.17, 15) is 14.4 Å². The number of thiophene rings is 1. The minimum Gasteiger partial charge on any atom is -0.383 e. The minimum atomic E-state index is -0.752. The van der Waals surface area contributed by atoms with E-state index < -0.39 is 11.8 Å². The number of hydrogen-bond donors (Lipinski definition) is 2. The summed E-state index contributed by atoms with van der Waals surface area (Å²) in [5.74, 6) is -1.53. The SMILES string of the molecule is COCCNC(=O)C(=O)Nc1ccc2c(c1)N(C(=O)c1cccs1)CCC2. The van der Waals surface area contributed by atoms with Crippen molar-refractivity contribution in [2.45, 2.75) is 12.8 Å². The summed E-state index contributed by atoms with van der Waals surface area (Å²) in [4.78, 5) is 39.0. The van der Waals surface area contributed by atoms with Crippen LogP contribution in [0.5, 0.6) is 0 Å². The van der Waals surface area contributed by atoms with E-state index in [2.05, 4.69) is 10.6 Å². The van der Waals surface area contributed by atoms with Gasteiger partial charge in [0, 0.05) is 31.6 Å². The molecule has 0 radical (unpaired) electrons. The molecule has 1 aromatic carbocycles. The van der Waals surface area contributed by atoms with Crippen LogP contribution in [-0.4, -0.2) is 44.5 Å². The summed E-state index contributed by atoms with van der Waals surface area (Å²) in [7, 11) is 1.52.